The standard InChI is InChI=1S/C11H18N2/c1-4-10(5-2)13-11-8-9(3)6-7-12-11/h6-8,10H,4-5H2,1-3H3,(H,12,13). The van der Waals surface area contributed by atoms with Gasteiger partial charge in [0, 0.05) is 12.2 Å². The van der Waals surface area contributed by atoms with Gasteiger partial charge >= 0.3 is 0 Å². The Morgan fingerprint density at radius 3 is 2.62 bits per heavy atom. The summed E-state index contributed by atoms with van der Waals surface area (Å²) in [6, 6.07) is 4.64. The maximum atomic E-state index is 4.26. The minimum atomic E-state index is 0.550. The smallest absolute Gasteiger partial charge is 0.126 e. The predicted molar refractivity (Wildman–Crippen MR) is 57.0 cm³/mol. The van der Waals surface area contributed by atoms with Crippen LogP contribution in [0.1, 0.15) is 32.3 Å². The first-order valence-electron chi connectivity index (χ1n) is 4.95. The van der Waals surface area contributed by atoms with Crippen molar-refractivity contribution in [2.75, 3.05) is 5.32 Å². The van der Waals surface area contributed by atoms with Crippen LogP contribution in [0.5, 0.6) is 0 Å². The molecule has 0 aromatic carbocycles. The minimum Gasteiger partial charge on any atom is -0.367 e. The van der Waals surface area contributed by atoms with Gasteiger partial charge in [-0.3, -0.25) is 0 Å². The molecule has 0 amide bonds. The van der Waals surface area contributed by atoms with Gasteiger partial charge in [-0.2, -0.15) is 0 Å². The van der Waals surface area contributed by atoms with Crippen LogP contribution in [-0.2, 0) is 0 Å². The summed E-state index contributed by atoms with van der Waals surface area (Å²) in [5.41, 5.74) is 1.25. The van der Waals surface area contributed by atoms with Crippen LogP contribution in [0.15, 0.2) is 18.3 Å². The topological polar surface area (TPSA) is 24.9 Å². The first-order chi connectivity index (χ1) is 6.26. The lowest BCUT2D eigenvalue weighted by atomic mass is 10.2. The van der Waals surface area contributed by atoms with E-state index < -0.39 is 0 Å². The summed E-state index contributed by atoms with van der Waals surface area (Å²) < 4.78 is 0. The van der Waals surface area contributed by atoms with E-state index >= 15 is 0 Å². The van der Waals surface area contributed by atoms with E-state index in [1.54, 1.807) is 0 Å². The Kier molecular flexibility index (Phi) is 3.74. The van der Waals surface area contributed by atoms with E-state index in [2.05, 4.69) is 37.1 Å². The average Bonchev–Trinajstić information content (AvgIpc) is 2.14. The lowest BCUT2D eigenvalue weighted by Gasteiger charge is -2.15. The molecule has 1 aromatic rings. The van der Waals surface area contributed by atoms with E-state index in [0.29, 0.717) is 6.04 Å². The van der Waals surface area contributed by atoms with Crippen molar-refractivity contribution in [1.29, 1.82) is 0 Å². The molecular weight excluding hydrogens is 160 g/mol. The summed E-state index contributed by atoms with van der Waals surface area (Å²) in [7, 11) is 0. The molecule has 0 radical (unpaired) electrons. The van der Waals surface area contributed by atoms with Gasteiger partial charge in [-0.05, 0) is 37.5 Å². The summed E-state index contributed by atoms with van der Waals surface area (Å²) >= 11 is 0. The van der Waals surface area contributed by atoms with Crippen LogP contribution in [-0.4, -0.2) is 11.0 Å². The number of aromatic nitrogens is 1. The highest BCUT2D eigenvalue weighted by Crippen LogP contribution is 2.09. The van der Waals surface area contributed by atoms with E-state index in [-0.39, 0.29) is 0 Å². The van der Waals surface area contributed by atoms with Crippen molar-refractivity contribution in [3.63, 3.8) is 0 Å². The van der Waals surface area contributed by atoms with Crippen LogP contribution in [0.4, 0.5) is 5.82 Å². The molecule has 0 unspecified atom stereocenters. The van der Waals surface area contributed by atoms with Crippen molar-refractivity contribution in [3.05, 3.63) is 23.9 Å². The SMILES string of the molecule is CCC(CC)Nc1cc(C)ccn1. The number of pyridine rings is 1. The van der Waals surface area contributed by atoms with Crippen LogP contribution in [0.3, 0.4) is 0 Å². The Morgan fingerprint density at radius 1 is 1.38 bits per heavy atom. The molecule has 1 rings (SSSR count). The lowest BCUT2D eigenvalue weighted by Crippen LogP contribution is -2.17. The second-order valence-corrected chi connectivity index (χ2v) is 3.38. The third-order valence-corrected chi connectivity index (χ3v) is 2.25. The van der Waals surface area contributed by atoms with Crippen molar-refractivity contribution in [3.8, 4) is 0 Å². The summed E-state index contributed by atoms with van der Waals surface area (Å²) in [4.78, 5) is 4.26. The van der Waals surface area contributed by atoms with Gasteiger partial charge in [0.1, 0.15) is 5.82 Å². The van der Waals surface area contributed by atoms with Gasteiger partial charge in [-0.25, -0.2) is 4.98 Å². The van der Waals surface area contributed by atoms with E-state index in [9.17, 15) is 0 Å². The number of rotatable bonds is 4. The molecule has 0 spiro atoms. The zero-order chi connectivity index (χ0) is 9.68. The molecule has 0 saturated heterocycles. The fraction of sp³-hybridized carbons (Fsp3) is 0.545. The fourth-order valence-electron chi connectivity index (χ4n) is 1.32. The predicted octanol–water partition coefficient (Wildman–Crippen LogP) is 2.99. The van der Waals surface area contributed by atoms with Gasteiger partial charge in [-0.15, -0.1) is 0 Å². The van der Waals surface area contributed by atoms with Crippen molar-refractivity contribution >= 4 is 5.82 Å². The number of hydrogen-bond acceptors (Lipinski definition) is 2. The summed E-state index contributed by atoms with van der Waals surface area (Å²) in [6.07, 6.45) is 4.14. The van der Waals surface area contributed by atoms with Crippen LogP contribution < -0.4 is 5.32 Å². The molecule has 1 N–H and O–H groups in total. The van der Waals surface area contributed by atoms with E-state index in [4.69, 9.17) is 0 Å². The Bertz CT molecular complexity index is 254. The van der Waals surface area contributed by atoms with Crippen LogP contribution >= 0.6 is 0 Å². The zero-order valence-corrected chi connectivity index (χ0v) is 8.67. The maximum absolute atomic E-state index is 4.26. The first-order valence-corrected chi connectivity index (χ1v) is 4.95. The molecule has 0 aliphatic carbocycles. The lowest BCUT2D eigenvalue weighted by molar-refractivity contribution is 0.668. The van der Waals surface area contributed by atoms with Gasteiger partial charge in [0.05, 0.1) is 0 Å². The van der Waals surface area contributed by atoms with Crippen molar-refractivity contribution in [2.24, 2.45) is 0 Å². The molecule has 0 fully saturated rings. The molecule has 0 atom stereocenters. The number of anilines is 1. The van der Waals surface area contributed by atoms with Gasteiger partial charge in [0.2, 0.25) is 0 Å². The third kappa shape index (κ3) is 3.05. The van der Waals surface area contributed by atoms with Crippen LogP contribution in [0.2, 0.25) is 0 Å². The zero-order valence-electron chi connectivity index (χ0n) is 8.67. The van der Waals surface area contributed by atoms with Gasteiger partial charge < -0.3 is 5.32 Å². The number of nitrogens with one attached hydrogen (secondary N) is 1. The molecule has 2 heteroatoms. The molecule has 72 valence electrons. The largest absolute Gasteiger partial charge is 0.367 e. The second-order valence-electron chi connectivity index (χ2n) is 3.38. The molecule has 1 aromatic heterocycles. The Labute approximate surface area is 80.4 Å². The Balaban J connectivity index is 2.62. The van der Waals surface area contributed by atoms with Gasteiger partial charge in [0.15, 0.2) is 0 Å². The highest BCUT2D eigenvalue weighted by Gasteiger charge is 2.02. The van der Waals surface area contributed by atoms with E-state index in [1.807, 2.05) is 12.3 Å². The molecule has 2 nitrogen and oxygen atoms in total. The third-order valence-electron chi connectivity index (χ3n) is 2.25. The van der Waals surface area contributed by atoms with E-state index in [1.165, 1.54) is 5.56 Å². The quantitative estimate of drug-likeness (QED) is 0.766. The Hall–Kier alpha value is -1.05. The molecule has 0 aliphatic rings. The summed E-state index contributed by atoms with van der Waals surface area (Å²) in [5, 5.41) is 3.41. The van der Waals surface area contributed by atoms with Crippen molar-refractivity contribution < 1.29 is 0 Å². The Morgan fingerprint density at radius 2 is 2.08 bits per heavy atom. The molecule has 0 aliphatic heterocycles. The molecule has 13 heavy (non-hydrogen) atoms. The molecular formula is C11H18N2. The minimum absolute atomic E-state index is 0.550. The monoisotopic (exact) mass is 178 g/mol. The molecule has 0 saturated carbocycles. The number of aryl methyl sites for hydroxylation is 1. The summed E-state index contributed by atoms with van der Waals surface area (Å²) in [6.45, 7) is 6.47. The maximum Gasteiger partial charge on any atom is 0.126 e. The fourth-order valence-corrected chi connectivity index (χ4v) is 1.32. The van der Waals surface area contributed by atoms with Gasteiger partial charge in [-0.1, -0.05) is 13.8 Å². The number of nitrogens with zero attached hydrogens (tertiary/aromatic N) is 1. The van der Waals surface area contributed by atoms with Crippen molar-refractivity contribution in [1.82, 2.24) is 4.98 Å². The first kappa shape index (κ1) is 10.0. The van der Waals surface area contributed by atoms with Crippen LogP contribution in [0, 0.1) is 6.92 Å². The highest BCUT2D eigenvalue weighted by atomic mass is 15.0. The molecule has 0 bridgehead atoms. The average molecular weight is 178 g/mol. The van der Waals surface area contributed by atoms with Crippen molar-refractivity contribution in [2.45, 2.75) is 39.7 Å². The second kappa shape index (κ2) is 4.85. The van der Waals surface area contributed by atoms with Gasteiger partial charge in [0.25, 0.3) is 0 Å². The highest BCUT2D eigenvalue weighted by molar-refractivity contribution is 5.37. The number of hydrogen-bond donors (Lipinski definition) is 1. The summed E-state index contributed by atoms with van der Waals surface area (Å²) in [5.74, 6) is 0.994. The van der Waals surface area contributed by atoms with Crippen LogP contribution in [0.25, 0.3) is 0 Å². The normalized spacial score (nSPS) is 10.5. The van der Waals surface area contributed by atoms with E-state index in [0.717, 1.165) is 18.7 Å². The molecule has 1 heterocycles.